The molecule has 1 aliphatic heterocycles. The molecule has 0 aromatic heterocycles. The van der Waals surface area contributed by atoms with Gasteiger partial charge in [0.15, 0.2) is 0 Å². The molecule has 0 radical (unpaired) electrons. The summed E-state index contributed by atoms with van der Waals surface area (Å²) < 4.78 is 29.4. The van der Waals surface area contributed by atoms with Gasteiger partial charge in [0.2, 0.25) is 5.83 Å². The van der Waals surface area contributed by atoms with E-state index < -0.39 is 28.9 Å². The van der Waals surface area contributed by atoms with Gasteiger partial charge in [-0.3, -0.25) is 4.79 Å². The minimum absolute atomic E-state index is 0.0823. The van der Waals surface area contributed by atoms with Gasteiger partial charge in [-0.2, -0.15) is 4.39 Å². The average molecular weight is 344 g/mol. The van der Waals surface area contributed by atoms with Crippen molar-refractivity contribution in [3.05, 3.63) is 11.9 Å². The van der Waals surface area contributed by atoms with Crippen molar-refractivity contribution in [2.75, 3.05) is 13.2 Å². The lowest BCUT2D eigenvalue weighted by Gasteiger charge is -2.30. The molecule has 138 valence electrons. The summed E-state index contributed by atoms with van der Waals surface area (Å²) in [5.41, 5.74) is -1.20. The van der Waals surface area contributed by atoms with Gasteiger partial charge in [-0.1, -0.05) is 0 Å². The molecular formula is C18H29FO5. The van der Waals surface area contributed by atoms with Crippen LogP contribution in [-0.2, 0) is 23.8 Å². The zero-order chi connectivity index (χ0) is 18.5. The monoisotopic (exact) mass is 344 g/mol. The lowest BCUT2D eigenvalue weighted by atomic mass is 9.81. The zero-order valence-electron chi connectivity index (χ0n) is 15.5. The van der Waals surface area contributed by atoms with Crippen LogP contribution in [0.1, 0.15) is 54.4 Å². The summed E-state index contributed by atoms with van der Waals surface area (Å²) in [5.74, 6) is -2.66. The molecule has 0 aromatic carbocycles. The molecule has 0 aromatic rings. The van der Waals surface area contributed by atoms with Gasteiger partial charge < -0.3 is 14.2 Å². The number of hydrogen-bond donors (Lipinski definition) is 0. The van der Waals surface area contributed by atoms with Crippen molar-refractivity contribution in [2.24, 2.45) is 11.8 Å². The Balaban J connectivity index is 2.71. The quantitative estimate of drug-likeness (QED) is 0.544. The van der Waals surface area contributed by atoms with Gasteiger partial charge in [0.1, 0.15) is 5.60 Å². The minimum Gasteiger partial charge on any atom is -0.461 e. The molecule has 2 atom stereocenters. The Bertz CT molecular complexity index is 490. The third-order valence-electron chi connectivity index (χ3n) is 3.88. The van der Waals surface area contributed by atoms with Crippen LogP contribution < -0.4 is 0 Å². The van der Waals surface area contributed by atoms with Gasteiger partial charge in [0, 0.05) is 0 Å². The first kappa shape index (κ1) is 20.6. The zero-order valence-corrected chi connectivity index (χ0v) is 15.5. The van der Waals surface area contributed by atoms with E-state index in [1.165, 1.54) is 6.08 Å². The van der Waals surface area contributed by atoms with Gasteiger partial charge in [-0.05, 0) is 66.4 Å². The average Bonchev–Trinajstić information content (AvgIpc) is 2.72. The molecule has 1 aliphatic rings. The fraction of sp³-hybridized carbons (Fsp3) is 0.778. The summed E-state index contributed by atoms with van der Waals surface area (Å²) in [5, 5.41) is 0. The predicted octanol–water partition coefficient (Wildman–Crippen LogP) is 3.57. The van der Waals surface area contributed by atoms with E-state index in [9.17, 15) is 14.0 Å². The van der Waals surface area contributed by atoms with Crippen LogP contribution in [0.5, 0.6) is 0 Å². The molecule has 24 heavy (non-hydrogen) atoms. The van der Waals surface area contributed by atoms with E-state index in [1.54, 1.807) is 6.92 Å². The molecule has 0 bridgehead atoms. The molecule has 0 saturated carbocycles. The molecule has 0 spiro atoms. The normalized spacial score (nSPS) is 23.9. The van der Waals surface area contributed by atoms with Crippen LogP contribution in [0.2, 0.25) is 0 Å². The standard InChI is InChI=1S/C18H29FO5/c1-7-22-15(20)13(19)10-8-9-12-11-23-18(5,6)14(12)16(21)24-17(2,3)4/h10,12,14H,7-9,11H2,1-6H3/b13-10-/t12-,14?/m0/s1. The molecular weight excluding hydrogens is 315 g/mol. The SMILES string of the molecule is CCOC(=O)/C(F)=C/CC[C@H]1COC(C)(C)C1C(=O)OC(C)(C)C. The van der Waals surface area contributed by atoms with Crippen LogP contribution in [-0.4, -0.2) is 36.4 Å². The third kappa shape index (κ3) is 5.89. The first-order valence-electron chi connectivity index (χ1n) is 8.37. The van der Waals surface area contributed by atoms with Gasteiger partial charge in [-0.25, -0.2) is 4.79 Å². The molecule has 0 aliphatic carbocycles. The van der Waals surface area contributed by atoms with Crippen LogP contribution in [0.15, 0.2) is 11.9 Å². The molecule has 6 heteroatoms. The number of esters is 2. The van der Waals surface area contributed by atoms with Gasteiger partial charge in [0.25, 0.3) is 0 Å². The van der Waals surface area contributed by atoms with Crippen molar-refractivity contribution in [3.63, 3.8) is 0 Å². The summed E-state index contributed by atoms with van der Waals surface area (Å²) >= 11 is 0. The van der Waals surface area contributed by atoms with Gasteiger partial charge in [0.05, 0.1) is 24.7 Å². The predicted molar refractivity (Wildman–Crippen MR) is 87.9 cm³/mol. The minimum atomic E-state index is -0.954. The van der Waals surface area contributed by atoms with E-state index in [0.29, 0.717) is 19.4 Å². The molecule has 0 N–H and O–H groups in total. The summed E-state index contributed by atoms with van der Waals surface area (Å²) in [4.78, 5) is 23.7. The number of carbonyl (C=O) groups excluding carboxylic acids is 2. The Morgan fingerprint density at radius 1 is 1.33 bits per heavy atom. The van der Waals surface area contributed by atoms with Gasteiger partial charge in [-0.15, -0.1) is 0 Å². The van der Waals surface area contributed by atoms with Gasteiger partial charge >= 0.3 is 11.9 Å². The summed E-state index contributed by atoms with van der Waals surface area (Å²) in [6, 6.07) is 0. The summed E-state index contributed by atoms with van der Waals surface area (Å²) in [7, 11) is 0. The largest absolute Gasteiger partial charge is 0.461 e. The highest BCUT2D eigenvalue weighted by Crippen LogP contribution is 2.40. The first-order valence-corrected chi connectivity index (χ1v) is 8.37. The lowest BCUT2D eigenvalue weighted by molar-refractivity contribution is -0.166. The van der Waals surface area contributed by atoms with Crippen molar-refractivity contribution < 1.29 is 28.2 Å². The molecule has 1 fully saturated rings. The molecule has 1 heterocycles. The second-order valence-corrected chi connectivity index (χ2v) is 7.54. The van der Waals surface area contributed by atoms with Crippen LogP contribution in [0.3, 0.4) is 0 Å². The van der Waals surface area contributed by atoms with E-state index in [4.69, 9.17) is 9.47 Å². The molecule has 0 amide bonds. The number of rotatable bonds is 6. The fourth-order valence-corrected chi connectivity index (χ4v) is 2.87. The number of allylic oxidation sites excluding steroid dienone is 1. The second-order valence-electron chi connectivity index (χ2n) is 7.54. The highest BCUT2D eigenvalue weighted by Gasteiger charge is 2.48. The van der Waals surface area contributed by atoms with E-state index in [0.717, 1.165) is 0 Å². The number of carbonyl (C=O) groups is 2. The molecule has 5 nitrogen and oxygen atoms in total. The highest BCUT2D eigenvalue weighted by molar-refractivity contribution is 5.85. The van der Waals surface area contributed by atoms with Crippen LogP contribution in [0, 0.1) is 11.8 Å². The van der Waals surface area contributed by atoms with Crippen molar-refractivity contribution in [1.29, 1.82) is 0 Å². The second kappa shape index (κ2) is 8.10. The van der Waals surface area contributed by atoms with E-state index in [2.05, 4.69) is 4.74 Å². The maximum Gasteiger partial charge on any atom is 0.366 e. The maximum absolute atomic E-state index is 13.6. The topological polar surface area (TPSA) is 61.8 Å². The summed E-state index contributed by atoms with van der Waals surface area (Å²) in [6.45, 7) is 11.3. The Labute approximate surface area is 143 Å². The van der Waals surface area contributed by atoms with E-state index in [-0.39, 0.29) is 18.5 Å². The van der Waals surface area contributed by atoms with Crippen LogP contribution >= 0.6 is 0 Å². The Morgan fingerprint density at radius 3 is 2.50 bits per heavy atom. The van der Waals surface area contributed by atoms with Crippen molar-refractivity contribution in [2.45, 2.75) is 65.6 Å². The van der Waals surface area contributed by atoms with E-state index >= 15 is 0 Å². The highest BCUT2D eigenvalue weighted by atomic mass is 19.1. The van der Waals surface area contributed by atoms with Crippen LogP contribution in [0.25, 0.3) is 0 Å². The molecule has 1 rings (SSSR count). The Hall–Kier alpha value is -1.43. The molecule has 1 saturated heterocycles. The first-order chi connectivity index (χ1) is 11.0. The lowest BCUT2D eigenvalue weighted by Crippen LogP contribution is -2.40. The maximum atomic E-state index is 13.6. The third-order valence-corrected chi connectivity index (χ3v) is 3.88. The number of hydrogen-bond acceptors (Lipinski definition) is 5. The summed E-state index contributed by atoms with van der Waals surface area (Å²) in [6.07, 6.45) is 2.06. The van der Waals surface area contributed by atoms with Crippen molar-refractivity contribution >= 4 is 11.9 Å². The number of ether oxygens (including phenoxy) is 3. The van der Waals surface area contributed by atoms with Crippen LogP contribution in [0.4, 0.5) is 4.39 Å². The van der Waals surface area contributed by atoms with E-state index in [1.807, 2.05) is 34.6 Å². The van der Waals surface area contributed by atoms with Crippen molar-refractivity contribution in [3.8, 4) is 0 Å². The Morgan fingerprint density at radius 2 is 1.96 bits per heavy atom. The van der Waals surface area contributed by atoms with Crippen molar-refractivity contribution in [1.82, 2.24) is 0 Å². The number of halogens is 1. The Kier molecular flexibility index (Phi) is 6.96. The fourth-order valence-electron chi connectivity index (χ4n) is 2.87. The smallest absolute Gasteiger partial charge is 0.366 e. The molecule has 1 unspecified atom stereocenters.